The molecule has 0 aliphatic rings. The van der Waals surface area contributed by atoms with Crippen molar-refractivity contribution in [2.45, 2.75) is 34.1 Å². The average molecular weight is 349 g/mol. The third kappa shape index (κ3) is 3.35. The van der Waals surface area contributed by atoms with Gasteiger partial charge in [-0.1, -0.05) is 22.9 Å². The molecule has 0 saturated heterocycles. The van der Waals surface area contributed by atoms with Gasteiger partial charge in [0.15, 0.2) is 0 Å². The zero-order chi connectivity index (χ0) is 15.6. The average Bonchev–Trinajstić information content (AvgIpc) is 2.44. The van der Waals surface area contributed by atoms with Crippen LogP contribution in [0.25, 0.3) is 0 Å². The molecule has 1 aromatic carbocycles. The molecule has 1 aromatic heterocycles. The number of rotatable bonds is 4. The summed E-state index contributed by atoms with van der Waals surface area (Å²) in [6.07, 6.45) is 0.807. The lowest BCUT2D eigenvalue weighted by atomic mass is 10.1. The zero-order valence-corrected chi connectivity index (χ0v) is 14.7. The van der Waals surface area contributed by atoms with E-state index in [9.17, 15) is 0 Å². The fourth-order valence-corrected chi connectivity index (χ4v) is 3.00. The molecule has 0 aliphatic heterocycles. The Hall–Kier alpha value is -1.62. The fraction of sp³-hybridized carbons (Fsp3) is 0.375. The van der Waals surface area contributed by atoms with Crippen LogP contribution in [0, 0.1) is 20.8 Å². The van der Waals surface area contributed by atoms with Gasteiger partial charge >= 0.3 is 0 Å². The highest BCUT2D eigenvalue weighted by Crippen LogP contribution is 2.30. The molecule has 0 radical (unpaired) electrons. The van der Waals surface area contributed by atoms with Gasteiger partial charge in [-0.2, -0.15) is 0 Å². The number of anilines is 3. The van der Waals surface area contributed by atoms with Gasteiger partial charge in [0, 0.05) is 29.2 Å². The minimum Gasteiger partial charge on any atom is -0.373 e. The smallest absolute Gasteiger partial charge is 0.139 e. The standard InChI is InChI=1S/C16H21BrN4/c1-6-13-19-15(18-5)11(4)16(20-13)21-14-9(2)7-12(17)8-10(14)3/h7-8H,6H2,1-5H3,(H2,18,19,20,21). The molecule has 0 aliphatic carbocycles. The fourth-order valence-electron chi connectivity index (χ4n) is 2.31. The van der Waals surface area contributed by atoms with Crippen LogP contribution in [0.3, 0.4) is 0 Å². The second kappa shape index (κ2) is 6.43. The van der Waals surface area contributed by atoms with Crippen LogP contribution in [-0.4, -0.2) is 17.0 Å². The minimum absolute atomic E-state index is 0.807. The maximum absolute atomic E-state index is 4.63. The van der Waals surface area contributed by atoms with Gasteiger partial charge in [0.05, 0.1) is 0 Å². The van der Waals surface area contributed by atoms with Crippen molar-refractivity contribution in [1.82, 2.24) is 9.97 Å². The lowest BCUT2D eigenvalue weighted by Gasteiger charge is -2.16. The highest BCUT2D eigenvalue weighted by atomic mass is 79.9. The molecule has 0 fully saturated rings. The first-order chi connectivity index (χ1) is 9.96. The first kappa shape index (κ1) is 15.8. The van der Waals surface area contributed by atoms with E-state index in [0.29, 0.717) is 0 Å². The Bertz CT molecular complexity index is 645. The Kier molecular flexibility index (Phi) is 4.83. The highest BCUT2D eigenvalue weighted by Gasteiger charge is 2.12. The third-order valence-electron chi connectivity index (χ3n) is 3.49. The lowest BCUT2D eigenvalue weighted by molar-refractivity contribution is 0.935. The van der Waals surface area contributed by atoms with Gasteiger partial charge in [-0.05, 0) is 44.0 Å². The van der Waals surface area contributed by atoms with Crippen LogP contribution >= 0.6 is 15.9 Å². The van der Waals surface area contributed by atoms with Crippen molar-refractivity contribution in [3.05, 3.63) is 39.1 Å². The molecule has 1 heterocycles. The largest absolute Gasteiger partial charge is 0.373 e. The quantitative estimate of drug-likeness (QED) is 0.853. The van der Waals surface area contributed by atoms with E-state index in [4.69, 9.17) is 0 Å². The first-order valence-electron chi connectivity index (χ1n) is 7.05. The predicted molar refractivity (Wildman–Crippen MR) is 92.6 cm³/mol. The van der Waals surface area contributed by atoms with Crippen molar-refractivity contribution in [2.24, 2.45) is 0 Å². The van der Waals surface area contributed by atoms with Crippen LogP contribution in [-0.2, 0) is 6.42 Å². The molecular weight excluding hydrogens is 328 g/mol. The number of hydrogen-bond acceptors (Lipinski definition) is 4. The second-order valence-corrected chi connectivity index (χ2v) is 6.02. The molecule has 0 saturated carbocycles. The zero-order valence-electron chi connectivity index (χ0n) is 13.1. The summed E-state index contributed by atoms with van der Waals surface area (Å²) in [6, 6.07) is 4.21. The summed E-state index contributed by atoms with van der Waals surface area (Å²) in [5.41, 5.74) is 4.49. The highest BCUT2D eigenvalue weighted by molar-refractivity contribution is 9.10. The number of nitrogens with zero attached hydrogens (tertiary/aromatic N) is 2. The molecule has 112 valence electrons. The summed E-state index contributed by atoms with van der Waals surface area (Å²) in [4.78, 5) is 9.13. The summed E-state index contributed by atoms with van der Waals surface area (Å²) in [5.74, 6) is 2.57. The van der Waals surface area contributed by atoms with E-state index < -0.39 is 0 Å². The molecule has 5 heteroatoms. The van der Waals surface area contributed by atoms with Crippen molar-refractivity contribution < 1.29 is 0 Å². The lowest BCUT2D eigenvalue weighted by Crippen LogP contribution is -2.08. The predicted octanol–water partition coefficient (Wildman–Crippen LogP) is 4.51. The first-order valence-corrected chi connectivity index (χ1v) is 7.84. The van der Waals surface area contributed by atoms with Gasteiger partial charge in [-0.25, -0.2) is 9.97 Å². The number of halogens is 1. The molecule has 21 heavy (non-hydrogen) atoms. The number of aryl methyl sites for hydroxylation is 3. The summed E-state index contributed by atoms with van der Waals surface area (Å²) in [7, 11) is 1.88. The molecule has 0 atom stereocenters. The van der Waals surface area contributed by atoms with Gasteiger partial charge in [0.1, 0.15) is 17.5 Å². The molecule has 4 nitrogen and oxygen atoms in total. The van der Waals surface area contributed by atoms with E-state index in [1.807, 2.05) is 14.0 Å². The summed E-state index contributed by atoms with van der Waals surface area (Å²) in [5, 5.41) is 6.61. The van der Waals surface area contributed by atoms with Crippen LogP contribution in [0.1, 0.15) is 29.4 Å². The number of hydrogen-bond donors (Lipinski definition) is 2. The van der Waals surface area contributed by atoms with Gasteiger partial charge in [-0.15, -0.1) is 0 Å². The van der Waals surface area contributed by atoms with Crippen LogP contribution < -0.4 is 10.6 Å². The van der Waals surface area contributed by atoms with Gasteiger partial charge in [-0.3, -0.25) is 0 Å². The molecule has 0 spiro atoms. The molecule has 0 amide bonds. The van der Waals surface area contributed by atoms with E-state index in [1.165, 1.54) is 11.1 Å². The third-order valence-corrected chi connectivity index (χ3v) is 3.94. The van der Waals surface area contributed by atoms with Crippen LogP contribution in [0.15, 0.2) is 16.6 Å². The molecule has 0 bridgehead atoms. The molecule has 2 N–H and O–H groups in total. The van der Waals surface area contributed by atoms with Crippen molar-refractivity contribution >= 4 is 33.3 Å². The van der Waals surface area contributed by atoms with Crippen molar-refractivity contribution in [3.63, 3.8) is 0 Å². The number of benzene rings is 1. The Balaban J connectivity index is 2.49. The van der Waals surface area contributed by atoms with Crippen LogP contribution in [0.2, 0.25) is 0 Å². The Morgan fingerprint density at radius 3 is 2.14 bits per heavy atom. The Labute approximate surface area is 134 Å². The van der Waals surface area contributed by atoms with Crippen LogP contribution in [0.4, 0.5) is 17.3 Å². The number of aromatic nitrogens is 2. The van der Waals surface area contributed by atoms with Crippen molar-refractivity contribution in [1.29, 1.82) is 0 Å². The Morgan fingerprint density at radius 1 is 1.05 bits per heavy atom. The van der Waals surface area contributed by atoms with E-state index in [1.54, 1.807) is 0 Å². The molecule has 0 unspecified atom stereocenters. The topological polar surface area (TPSA) is 49.8 Å². The van der Waals surface area contributed by atoms with E-state index in [-0.39, 0.29) is 0 Å². The molecule has 2 aromatic rings. The van der Waals surface area contributed by atoms with Crippen molar-refractivity contribution in [2.75, 3.05) is 17.7 Å². The minimum atomic E-state index is 0.807. The number of nitrogens with one attached hydrogen (secondary N) is 2. The van der Waals surface area contributed by atoms with E-state index in [0.717, 1.165) is 39.6 Å². The normalized spacial score (nSPS) is 10.6. The maximum atomic E-state index is 4.63. The maximum Gasteiger partial charge on any atom is 0.139 e. The SMILES string of the molecule is CCc1nc(NC)c(C)c(Nc2c(C)cc(Br)cc2C)n1. The van der Waals surface area contributed by atoms with Gasteiger partial charge in [0.2, 0.25) is 0 Å². The summed E-state index contributed by atoms with van der Waals surface area (Å²) in [6.45, 7) is 8.27. The van der Waals surface area contributed by atoms with Crippen molar-refractivity contribution in [3.8, 4) is 0 Å². The second-order valence-electron chi connectivity index (χ2n) is 5.11. The molecule has 2 rings (SSSR count). The van der Waals surface area contributed by atoms with Gasteiger partial charge in [0.25, 0.3) is 0 Å². The molecular formula is C16H21BrN4. The Morgan fingerprint density at radius 2 is 1.62 bits per heavy atom. The van der Waals surface area contributed by atoms with Gasteiger partial charge < -0.3 is 10.6 Å². The summed E-state index contributed by atoms with van der Waals surface area (Å²) >= 11 is 3.53. The van der Waals surface area contributed by atoms with E-state index >= 15 is 0 Å². The van der Waals surface area contributed by atoms with Crippen LogP contribution in [0.5, 0.6) is 0 Å². The van der Waals surface area contributed by atoms with E-state index in [2.05, 4.69) is 69.4 Å². The monoisotopic (exact) mass is 348 g/mol. The summed E-state index contributed by atoms with van der Waals surface area (Å²) < 4.78 is 1.09.